The van der Waals surface area contributed by atoms with Gasteiger partial charge in [-0.15, -0.1) is 0 Å². The number of hydrogen-bond acceptors (Lipinski definition) is 5. The minimum Gasteiger partial charge on any atom is -0.463 e. The number of hydrogen-bond donors (Lipinski definition) is 0. The van der Waals surface area contributed by atoms with Gasteiger partial charge in [0.15, 0.2) is 7.14 Å². The lowest BCUT2D eigenvalue weighted by Crippen LogP contribution is -2.19. The highest BCUT2D eigenvalue weighted by atomic mass is 35.5. The maximum atomic E-state index is 13.8. The lowest BCUT2D eigenvalue weighted by Gasteiger charge is -2.18. The summed E-state index contributed by atoms with van der Waals surface area (Å²) >= 11 is 12.3. The smallest absolute Gasteiger partial charge is 0.306 e. The van der Waals surface area contributed by atoms with Crippen molar-refractivity contribution < 1.29 is 23.6 Å². The molecule has 8 heteroatoms. The summed E-state index contributed by atoms with van der Waals surface area (Å²) < 4.78 is 23.6. The van der Waals surface area contributed by atoms with Gasteiger partial charge >= 0.3 is 5.97 Å². The Morgan fingerprint density at radius 2 is 1.59 bits per heavy atom. The fourth-order valence-electron chi connectivity index (χ4n) is 2.46. The van der Waals surface area contributed by atoms with Crippen LogP contribution in [0.15, 0.2) is 48.5 Å². The summed E-state index contributed by atoms with van der Waals surface area (Å²) in [6, 6.07) is 12.9. The minimum absolute atomic E-state index is 0.000713. The molecule has 0 bridgehead atoms. The number of methoxy groups -OCH3 is 1. The van der Waals surface area contributed by atoms with Crippen molar-refractivity contribution in [1.82, 2.24) is 0 Å². The number of esters is 1. The topological polar surface area (TPSA) is 69.7 Å². The number of carbonyl (C=O) groups is 2. The molecule has 0 amide bonds. The van der Waals surface area contributed by atoms with E-state index < -0.39 is 18.6 Å². The van der Waals surface area contributed by atoms with E-state index in [0.29, 0.717) is 5.30 Å². The molecule has 0 spiro atoms. The van der Waals surface area contributed by atoms with Crippen molar-refractivity contribution in [3.63, 3.8) is 0 Å². The molecule has 2 aromatic rings. The zero-order valence-electron chi connectivity index (χ0n) is 14.7. The summed E-state index contributed by atoms with van der Waals surface area (Å²) in [5.41, 5.74) is -0.672. The van der Waals surface area contributed by atoms with Gasteiger partial charge in [-0.05, 0) is 12.1 Å². The van der Waals surface area contributed by atoms with E-state index in [9.17, 15) is 14.2 Å². The predicted octanol–water partition coefficient (Wildman–Crippen LogP) is 4.40. The highest BCUT2D eigenvalue weighted by Gasteiger charge is 2.37. The summed E-state index contributed by atoms with van der Waals surface area (Å²) in [6.07, 6.45) is -0.354. The van der Waals surface area contributed by atoms with Crippen molar-refractivity contribution in [2.45, 2.75) is 6.42 Å². The largest absolute Gasteiger partial charge is 0.463 e. The van der Waals surface area contributed by atoms with Gasteiger partial charge in [0.2, 0.25) is 5.52 Å². The molecule has 0 aromatic heterocycles. The fourth-order valence-corrected chi connectivity index (χ4v) is 5.61. The second-order valence-electron chi connectivity index (χ2n) is 5.66. The van der Waals surface area contributed by atoms with Gasteiger partial charge in [0.1, 0.15) is 6.61 Å². The van der Waals surface area contributed by atoms with Crippen molar-refractivity contribution in [2.75, 3.05) is 26.5 Å². The first-order valence-electron chi connectivity index (χ1n) is 8.18. The Morgan fingerprint density at radius 3 is 2.19 bits per heavy atom. The molecule has 1 atom stereocenters. The zero-order chi connectivity index (χ0) is 19.9. The van der Waals surface area contributed by atoms with Crippen molar-refractivity contribution in [2.24, 2.45) is 0 Å². The standard InChI is InChI=1S/C19H19Cl2O5P/c1-25-11-12-26-17(22)10-13-27(24,14-6-3-2-4-7-14)19(23)18-15(20)8-5-9-16(18)21/h2-9H,10-13H2,1H3. The Hall–Kier alpha value is -1.65. The average Bonchev–Trinajstić information content (AvgIpc) is 2.66. The maximum Gasteiger partial charge on any atom is 0.306 e. The van der Waals surface area contributed by atoms with Crippen LogP contribution in [0.5, 0.6) is 0 Å². The number of ether oxygens (including phenoxy) is 2. The highest BCUT2D eigenvalue weighted by Crippen LogP contribution is 2.50. The van der Waals surface area contributed by atoms with Crippen molar-refractivity contribution in [3.8, 4) is 0 Å². The molecule has 0 aliphatic rings. The van der Waals surface area contributed by atoms with Crippen LogP contribution in [0.25, 0.3) is 0 Å². The quantitative estimate of drug-likeness (QED) is 0.336. The molecule has 0 saturated heterocycles. The van der Waals surface area contributed by atoms with E-state index in [1.807, 2.05) is 0 Å². The first-order valence-corrected chi connectivity index (χ1v) is 10.8. The van der Waals surface area contributed by atoms with Crippen LogP contribution in [-0.4, -0.2) is 38.0 Å². The number of benzene rings is 2. The molecular weight excluding hydrogens is 410 g/mol. The van der Waals surface area contributed by atoms with Crippen LogP contribution in [0.4, 0.5) is 0 Å². The Kier molecular flexibility index (Phi) is 8.06. The first kappa shape index (κ1) is 21.6. The minimum atomic E-state index is -3.67. The molecule has 2 rings (SSSR count). The Labute approximate surface area is 167 Å². The predicted molar refractivity (Wildman–Crippen MR) is 107 cm³/mol. The molecule has 0 N–H and O–H groups in total. The van der Waals surface area contributed by atoms with Crippen LogP contribution in [0, 0.1) is 0 Å². The Balaban J connectivity index is 2.33. The number of halogens is 2. The van der Waals surface area contributed by atoms with Crippen LogP contribution < -0.4 is 5.30 Å². The van der Waals surface area contributed by atoms with E-state index >= 15 is 0 Å². The average molecular weight is 429 g/mol. The number of carbonyl (C=O) groups excluding carboxylic acids is 2. The van der Waals surface area contributed by atoms with Crippen LogP contribution in [0.3, 0.4) is 0 Å². The lowest BCUT2D eigenvalue weighted by atomic mass is 10.2. The van der Waals surface area contributed by atoms with E-state index in [0.717, 1.165) is 0 Å². The Bertz CT molecular complexity index is 834. The molecule has 0 aliphatic heterocycles. The maximum absolute atomic E-state index is 13.8. The third-order valence-electron chi connectivity index (χ3n) is 3.86. The van der Waals surface area contributed by atoms with Crippen LogP contribution >= 0.6 is 30.3 Å². The molecule has 5 nitrogen and oxygen atoms in total. The number of rotatable bonds is 9. The molecule has 2 aromatic carbocycles. The van der Waals surface area contributed by atoms with Gasteiger partial charge in [-0.3, -0.25) is 9.59 Å². The van der Waals surface area contributed by atoms with E-state index in [1.54, 1.807) is 36.4 Å². The SMILES string of the molecule is COCCOC(=O)CCP(=O)(C(=O)c1c(Cl)cccc1Cl)c1ccccc1. The second kappa shape index (κ2) is 10.0. The van der Waals surface area contributed by atoms with Gasteiger partial charge < -0.3 is 14.0 Å². The van der Waals surface area contributed by atoms with Crippen LogP contribution in [-0.2, 0) is 18.8 Å². The fraction of sp³-hybridized carbons (Fsp3) is 0.263. The highest BCUT2D eigenvalue weighted by molar-refractivity contribution is 7.87. The molecular formula is C19H19Cl2O5P. The summed E-state index contributed by atoms with van der Waals surface area (Å²) in [7, 11) is -2.18. The molecule has 0 radical (unpaired) electrons. The molecule has 27 heavy (non-hydrogen) atoms. The van der Waals surface area contributed by atoms with Crippen molar-refractivity contribution in [3.05, 3.63) is 64.1 Å². The third kappa shape index (κ3) is 5.43. The van der Waals surface area contributed by atoms with Gasteiger partial charge in [0.05, 0.1) is 28.6 Å². The van der Waals surface area contributed by atoms with Gasteiger partial charge in [-0.2, -0.15) is 0 Å². The van der Waals surface area contributed by atoms with E-state index in [2.05, 4.69) is 0 Å². The van der Waals surface area contributed by atoms with Crippen molar-refractivity contribution >= 4 is 47.1 Å². The summed E-state index contributed by atoms with van der Waals surface area (Å²) in [5.74, 6) is -0.554. The second-order valence-corrected chi connectivity index (χ2v) is 9.33. The van der Waals surface area contributed by atoms with Crippen LogP contribution in [0.1, 0.15) is 16.8 Å². The van der Waals surface area contributed by atoms with E-state index in [4.69, 9.17) is 32.7 Å². The lowest BCUT2D eigenvalue weighted by molar-refractivity contribution is -0.144. The normalized spacial score (nSPS) is 13.0. The summed E-state index contributed by atoms with van der Waals surface area (Å²) in [4.78, 5) is 25.1. The monoisotopic (exact) mass is 428 g/mol. The van der Waals surface area contributed by atoms with E-state index in [-0.39, 0.29) is 41.4 Å². The Morgan fingerprint density at radius 1 is 0.963 bits per heavy atom. The molecule has 0 aliphatic carbocycles. The summed E-state index contributed by atoms with van der Waals surface area (Å²) in [6.45, 7) is 0.353. The molecule has 0 heterocycles. The molecule has 0 saturated carbocycles. The van der Waals surface area contributed by atoms with Gasteiger partial charge in [0.25, 0.3) is 0 Å². The van der Waals surface area contributed by atoms with Gasteiger partial charge in [-0.25, -0.2) is 0 Å². The molecule has 144 valence electrons. The molecule has 1 unspecified atom stereocenters. The molecule has 0 fully saturated rings. The van der Waals surface area contributed by atoms with Gasteiger partial charge in [-0.1, -0.05) is 59.6 Å². The zero-order valence-corrected chi connectivity index (χ0v) is 17.1. The van der Waals surface area contributed by atoms with Crippen LogP contribution in [0.2, 0.25) is 10.0 Å². The third-order valence-corrected chi connectivity index (χ3v) is 7.35. The van der Waals surface area contributed by atoms with Gasteiger partial charge in [0, 0.05) is 18.6 Å². The van der Waals surface area contributed by atoms with E-state index in [1.165, 1.54) is 19.2 Å². The van der Waals surface area contributed by atoms with Crippen molar-refractivity contribution in [1.29, 1.82) is 0 Å². The first-order chi connectivity index (χ1) is 12.9. The summed E-state index contributed by atoms with van der Waals surface area (Å²) in [5, 5.41) is 0.577.